The van der Waals surface area contributed by atoms with Gasteiger partial charge in [0.1, 0.15) is 5.75 Å². The predicted molar refractivity (Wildman–Crippen MR) is 78.1 cm³/mol. The van der Waals surface area contributed by atoms with E-state index in [2.05, 4.69) is 25.9 Å². The normalized spacial score (nSPS) is 10.8. The van der Waals surface area contributed by atoms with Gasteiger partial charge in [-0.25, -0.2) is 4.98 Å². The van der Waals surface area contributed by atoms with Gasteiger partial charge in [0.25, 0.3) is 4.60 Å². The molecule has 0 atom stereocenters. The van der Waals surface area contributed by atoms with Gasteiger partial charge in [-0.2, -0.15) is 9.71 Å². The minimum Gasteiger partial charge on any atom is -0.618 e. The molecule has 0 spiro atoms. The molecule has 0 unspecified atom stereocenters. The summed E-state index contributed by atoms with van der Waals surface area (Å²) < 4.78 is 6.77. The molecular weight excluding hydrogens is 326 g/mol. The molecule has 0 saturated heterocycles. The second-order valence-electron chi connectivity index (χ2n) is 4.48. The van der Waals surface area contributed by atoms with E-state index >= 15 is 0 Å². The van der Waals surface area contributed by atoms with Crippen LogP contribution in [0.5, 0.6) is 11.5 Å². The van der Waals surface area contributed by atoms with Crippen LogP contribution >= 0.6 is 15.9 Å². The monoisotopic (exact) mass is 339 g/mol. The molecule has 2 rings (SSSR count). The molecular formula is C12H14BrN5O2. The predicted octanol–water partition coefficient (Wildman–Crippen LogP) is 1.95. The number of hydrogen-bond donors (Lipinski definition) is 2. The summed E-state index contributed by atoms with van der Waals surface area (Å²) in [6, 6.07) is 1.58. The Hall–Kier alpha value is -2.09. The zero-order valence-electron chi connectivity index (χ0n) is 11.0. The van der Waals surface area contributed by atoms with E-state index in [1.807, 2.05) is 13.8 Å². The molecule has 8 heteroatoms. The SMILES string of the molecule is CC(C)c1c[n+]([O-])c(Br)cc1Oc1cnc(N)nc1N. The van der Waals surface area contributed by atoms with Crippen LogP contribution in [0.25, 0.3) is 0 Å². The van der Waals surface area contributed by atoms with Gasteiger partial charge < -0.3 is 21.4 Å². The Morgan fingerprint density at radius 1 is 1.35 bits per heavy atom. The van der Waals surface area contributed by atoms with Crippen molar-refractivity contribution >= 4 is 27.7 Å². The smallest absolute Gasteiger partial charge is 0.262 e. The molecule has 0 aromatic carbocycles. The fourth-order valence-electron chi connectivity index (χ4n) is 1.62. The first-order valence-corrected chi connectivity index (χ1v) is 6.66. The number of ether oxygens (including phenoxy) is 1. The highest BCUT2D eigenvalue weighted by Gasteiger charge is 2.17. The lowest BCUT2D eigenvalue weighted by Gasteiger charge is -2.14. The Balaban J connectivity index is 2.44. The number of nitrogens with two attached hydrogens (primary N) is 2. The Morgan fingerprint density at radius 3 is 2.65 bits per heavy atom. The van der Waals surface area contributed by atoms with Crippen LogP contribution < -0.4 is 20.9 Å². The average Bonchev–Trinajstić information content (AvgIpc) is 2.36. The molecule has 106 valence electrons. The maximum absolute atomic E-state index is 11.6. The molecule has 0 aliphatic carbocycles. The number of halogens is 1. The fourth-order valence-corrected chi connectivity index (χ4v) is 1.93. The number of rotatable bonds is 3. The van der Waals surface area contributed by atoms with Crippen molar-refractivity contribution in [2.45, 2.75) is 19.8 Å². The zero-order chi connectivity index (χ0) is 14.9. The van der Waals surface area contributed by atoms with Crippen molar-refractivity contribution < 1.29 is 9.47 Å². The quantitative estimate of drug-likeness (QED) is 0.501. The highest BCUT2D eigenvalue weighted by molar-refractivity contribution is 9.10. The Labute approximate surface area is 124 Å². The van der Waals surface area contributed by atoms with Gasteiger partial charge in [-0.1, -0.05) is 13.8 Å². The summed E-state index contributed by atoms with van der Waals surface area (Å²) >= 11 is 3.16. The molecule has 0 aliphatic rings. The maximum atomic E-state index is 11.6. The van der Waals surface area contributed by atoms with E-state index in [0.29, 0.717) is 10.4 Å². The van der Waals surface area contributed by atoms with Crippen molar-refractivity contribution in [3.63, 3.8) is 0 Å². The van der Waals surface area contributed by atoms with Crippen LogP contribution in [-0.4, -0.2) is 9.97 Å². The third-order valence-corrected chi connectivity index (χ3v) is 3.22. The second-order valence-corrected chi connectivity index (χ2v) is 5.29. The summed E-state index contributed by atoms with van der Waals surface area (Å²) in [5.41, 5.74) is 11.9. The van der Waals surface area contributed by atoms with Crippen LogP contribution in [0.2, 0.25) is 0 Å². The summed E-state index contributed by atoms with van der Waals surface area (Å²) in [5, 5.41) is 11.6. The average molecular weight is 340 g/mol. The first-order chi connectivity index (χ1) is 9.38. The van der Waals surface area contributed by atoms with Crippen LogP contribution in [0.1, 0.15) is 25.3 Å². The molecule has 2 heterocycles. The van der Waals surface area contributed by atoms with Gasteiger partial charge in [0.15, 0.2) is 17.8 Å². The molecule has 2 aromatic rings. The van der Waals surface area contributed by atoms with Gasteiger partial charge in [-0.15, -0.1) is 0 Å². The van der Waals surface area contributed by atoms with Crippen LogP contribution in [0.15, 0.2) is 23.1 Å². The number of nitrogens with zero attached hydrogens (tertiary/aromatic N) is 3. The summed E-state index contributed by atoms with van der Waals surface area (Å²) in [7, 11) is 0. The van der Waals surface area contributed by atoms with Gasteiger partial charge in [-0.3, -0.25) is 0 Å². The molecule has 20 heavy (non-hydrogen) atoms. The summed E-state index contributed by atoms with van der Waals surface area (Å²) in [5.74, 6) is 1.12. The van der Waals surface area contributed by atoms with Crippen molar-refractivity contribution in [2.75, 3.05) is 11.5 Å². The first-order valence-electron chi connectivity index (χ1n) is 5.87. The van der Waals surface area contributed by atoms with E-state index in [0.717, 1.165) is 10.3 Å². The largest absolute Gasteiger partial charge is 0.618 e. The number of anilines is 2. The highest BCUT2D eigenvalue weighted by atomic mass is 79.9. The van der Waals surface area contributed by atoms with Gasteiger partial charge in [0, 0.05) is 15.9 Å². The molecule has 0 saturated carbocycles. The number of nitrogen functional groups attached to an aromatic ring is 2. The third-order valence-electron chi connectivity index (χ3n) is 2.65. The van der Waals surface area contributed by atoms with E-state index in [9.17, 15) is 5.21 Å². The minimum absolute atomic E-state index is 0.0746. The molecule has 0 aliphatic heterocycles. The topological polar surface area (TPSA) is 114 Å². The lowest BCUT2D eigenvalue weighted by molar-refractivity contribution is -0.617. The van der Waals surface area contributed by atoms with Gasteiger partial charge in [0.05, 0.1) is 17.8 Å². The van der Waals surface area contributed by atoms with Crippen LogP contribution in [-0.2, 0) is 0 Å². The van der Waals surface area contributed by atoms with E-state index in [1.165, 1.54) is 12.4 Å². The minimum atomic E-state index is 0.0746. The van der Waals surface area contributed by atoms with Crippen molar-refractivity contribution in [3.05, 3.63) is 33.8 Å². The zero-order valence-corrected chi connectivity index (χ0v) is 12.6. The lowest BCUT2D eigenvalue weighted by atomic mass is 10.1. The van der Waals surface area contributed by atoms with Crippen LogP contribution in [0, 0.1) is 5.21 Å². The molecule has 0 radical (unpaired) electrons. The van der Waals surface area contributed by atoms with Gasteiger partial charge >= 0.3 is 0 Å². The van der Waals surface area contributed by atoms with Crippen LogP contribution in [0.4, 0.5) is 11.8 Å². The molecule has 2 aromatic heterocycles. The van der Waals surface area contributed by atoms with Gasteiger partial charge in [-0.05, 0) is 5.92 Å². The number of pyridine rings is 1. The Bertz CT molecular complexity index is 648. The third kappa shape index (κ3) is 2.90. The summed E-state index contributed by atoms with van der Waals surface area (Å²) in [6.07, 6.45) is 2.85. The summed E-state index contributed by atoms with van der Waals surface area (Å²) in [6.45, 7) is 3.91. The Kier molecular flexibility index (Phi) is 3.93. The van der Waals surface area contributed by atoms with E-state index in [4.69, 9.17) is 16.2 Å². The first kappa shape index (κ1) is 14.3. The second kappa shape index (κ2) is 5.49. The summed E-state index contributed by atoms with van der Waals surface area (Å²) in [4.78, 5) is 7.66. The molecule has 0 bridgehead atoms. The molecule has 7 nitrogen and oxygen atoms in total. The fraction of sp³-hybridized carbons (Fsp3) is 0.250. The Morgan fingerprint density at radius 2 is 2.05 bits per heavy atom. The number of aromatic nitrogens is 3. The lowest BCUT2D eigenvalue weighted by Crippen LogP contribution is -2.28. The van der Waals surface area contributed by atoms with E-state index in [-0.39, 0.29) is 23.4 Å². The molecule has 0 amide bonds. The van der Waals surface area contributed by atoms with Crippen LogP contribution in [0.3, 0.4) is 0 Å². The maximum Gasteiger partial charge on any atom is 0.262 e. The van der Waals surface area contributed by atoms with Crippen molar-refractivity contribution in [3.8, 4) is 11.5 Å². The standard InChI is InChI=1S/C12H14BrN5O2/c1-6(2)7-5-18(19)10(13)3-8(7)20-9-4-16-12(15)17-11(9)14/h3-6H,1-2H3,(H4,14,15,16,17). The molecule has 0 fully saturated rings. The van der Waals surface area contributed by atoms with Crippen molar-refractivity contribution in [2.24, 2.45) is 0 Å². The van der Waals surface area contributed by atoms with Gasteiger partial charge in [0.2, 0.25) is 5.95 Å². The number of hydrogen-bond acceptors (Lipinski definition) is 6. The van der Waals surface area contributed by atoms with E-state index < -0.39 is 0 Å². The van der Waals surface area contributed by atoms with E-state index in [1.54, 1.807) is 6.07 Å². The molecule has 4 N–H and O–H groups in total. The van der Waals surface area contributed by atoms with Crippen molar-refractivity contribution in [1.82, 2.24) is 9.97 Å². The van der Waals surface area contributed by atoms with Crippen molar-refractivity contribution in [1.29, 1.82) is 0 Å². The highest BCUT2D eigenvalue weighted by Crippen LogP contribution is 2.32.